The first-order chi connectivity index (χ1) is 8.20. The summed E-state index contributed by atoms with van der Waals surface area (Å²) in [5.41, 5.74) is 2.13. The Morgan fingerprint density at radius 1 is 1.00 bits per heavy atom. The van der Waals surface area contributed by atoms with Crippen molar-refractivity contribution in [2.24, 2.45) is 0 Å². The molecule has 0 heterocycles. The van der Waals surface area contributed by atoms with Gasteiger partial charge in [-0.25, -0.2) is 4.39 Å². The van der Waals surface area contributed by atoms with Crippen LogP contribution in [0, 0.1) is 0 Å². The highest BCUT2D eigenvalue weighted by molar-refractivity contribution is 14.1. The molecule has 0 aliphatic rings. The topological polar surface area (TPSA) is 17.1 Å². The zero-order valence-corrected chi connectivity index (χ0v) is 11.1. The molecule has 0 bridgehead atoms. The lowest BCUT2D eigenvalue weighted by Gasteiger charge is -2.08. The molecule has 3 heteroatoms. The van der Waals surface area contributed by atoms with E-state index in [1.807, 2.05) is 42.5 Å². The third kappa shape index (κ3) is 2.72. The molecule has 0 saturated carbocycles. The third-order valence-electron chi connectivity index (χ3n) is 2.48. The fraction of sp³-hybridized carbons (Fsp3) is 0.0714. The zero-order chi connectivity index (χ0) is 12.3. The van der Waals surface area contributed by atoms with Crippen LogP contribution in [-0.4, -0.2) is 9.96 Å². The maximum Gasteiger partial charge on any atom is 0.213 e. The van der Waals surface area contributed by atoms with E-state index in [2.05, 4.69) is 0 Å². The Hall–Kier alpha value is -1.23. The van der Waals surface area contributed by atoms with E-state index >= 15 is 0 Å². The van der Waals surface area contributed by atoms with Crippen LogP contribution in [0.25, 0.3) is 11.1 Å². The first-order valence-corrected chi connectivity index (χ1v) is 6.41. The van der Waals surface area contributed by atoms with Crippen LogP contribution in [0.5, 0.6) is 0 Å². The van der Waals surface area contributed by atoms with E-state index in [0.29, 0.717) is 5.56 Å². The van der Waals surface area contributed by atoms with Crippen molar-refractivity contribution in [2.75, 3.05) is 0 Å². The number of benzene rings is 2. The van der Waals surface area contributed by atoms with Gasteiger partial charge in [-0.15, -0.1) is 0 Å². The molecule has 0 aromatic heterocycles. The standard InChI is InChI=1S/C14H10FIO/c15-14(16)13(17)12-9-5-4-8-11(12)10-6-2-1-3-7-10/h1-9,14H. The van der Waals surface area contributed by atoms with Gasteiger partial charge in [0.05, 0.1) is 0 Å². The smallest absolute Gasteiger partial charge is 0.213 e. The molecule has 0 aliphatic heterocycles. The van der Waals surface area contributed by atoms with Gasteiger partial charge in [0.1, 0.15) is 0 Å². The molecule has 2 aromatic rings. The lowest BCUT2D eigenvalue weighted by Crippen LogP contribution is -2.09. The quantitative estimate of drug-likeness (QED) is 0.463. The summed E-state index contributed by atoms with van der Waals surface area (Å²) < 4.78 is 11.6. The summed E-state index contributed by atoms with van der Waals surface area (Å²) in [4.78, 5) is 11.8. The van der Waals surface area contributed by atoms with Gasteiger partial charge in [0.2, 0.25) is 9.96 Å². The SMILES string of the molecule is O=C(c1ccccc1-c1ccccc1)C(F)I. The molecule has 0 spiro atoms. The van der Waals surface area contributed by atoms with Gasteiger partial charge in [-0.05, 0) is 33.7 Å². The number of halogens is 2. The Bertz CT molecular complexity index is 523. The Balaban J connectivity index is 2.52. The maximum absolute atomic E-state index is 13.1. The molecular formula is C14H10FIO. The summed E-state index contributed by atoms with van der Waals surface area (Å²) in [7, 11) is 0. The Morgan fingerprint density at radius 3 is 2.24 bits per heavy atom. The summed E-state index contributed by atoms with van der Waals surface area (Å²) in [6.07, 6.45) is 0. The van der Waals surface area contributed by atoms with Crippen LogP contribution < -0.4 is 0 Å². The van der Waals surface area contributed by atoms with Gasteiger partial charge in [0.15, 0.2) is 0 Å². The minimum absolute atomic E-state index is 0.431. The van der Waals surface area contributed by atoms with Crippen molar-refractivity contribution in [1.82, 2.24) is 0 Å². The monoisotopic (exact) mass is 340 g/mol. The van der Waals surface area contributed by atoms with E-state index in [1.54, 1.807) is 12.1 Å². The van der Waals surface area contributed by atoms with Crippen molar-refractivity contribution < 1.29 is 9.18 Å². The summed E-state index contributed by atoms with van der Waals surface area (Å²) in [5, 5.41) is 0. The molecule has 1 nitrogen and oxygen atoms in total. The maximum atomic E-state index is 13.1. The van der Waals surface area contributed by atoms with Crippen LogP contribution in [-0.2, 0) is 0 Å². The molecule has 0 N–H and O–H groups in total. The molecule has 0 fully saturated rings. The normalized spacial score (nSPS) is 12.1. The predicted octanol–water partition coefficient (Wildman–Crippen LogP) is 4.27. The van der Waals surface area contributed by atoms with Gasteiger partial charge in [-0.2, -0.15) is 0 Å². The molecule has 17 heavy (non-hydrogen) atoms. The minimum atomic E-state index is -1.50. The van der Waals surface area contributed by atoms with E-state index < -0.39 is 9.96 Å². The summed E-state index contributed by atoms with van der Waals surface area (Å²) in [6, 6.07) is 16.6. The van der Waals surface area contributed by atoms with Gasteiger partial charge >= 0.3 is 0 Å². The van der Waals surface area contributed by atoms with Crippen molar-refractivity contribution >= 4 is 28.4 Å². The number of carbonyl (C=O) groups is 1. The average Bonchev–Trinajstić information content (AvgIpc) is 2.39. The van der Waals surface area contributed by atoms with Gasteiger partial charge in [-0.1, -0.05) is 54.6 Å². The van der Waals surface area contributed by atoms with Gasteiger partial charge in [0, 0.05) is 5.56 Å². The van der Waals surface area contributed by atoms with Crippen LogP contribution in [0.15, 0.2) is 54.6 Å². The van der Waals surface area contributed by atoms with Crippen LogP contribution >= 0.6 is 22.6 Å². The number of rotatable bonds is 3. The van der Waals surface area contributed by atoms with Crippen LogP contribution in [0.2, 0.25) is 0 Å². The fourth-order valence-corrected chi connectivity index (χ4v) is 2.02. The zero-order valence-electron chi connectivity index (χ0n) is 8.94. The molecule has 0 radical (unpaired) electrons. The lowest BCUT2D eigenvalue weighted by molar-refractivity contribution is 0.0948. The van der Waals surface area contributed by atoms with Crippen LogP contribution in [0.3, 0.4) is 0 Å². The Morgan fingerprint density at radius 2 is 1.59 bits per heavy atom. The van der Waals surface area contributed by atoms with Crippen molar-refractivity contribution in [1.29, 1.82) is 0 Å². The van der Waals surface area contributed by atoms with E-state index in [1.165, 1.54) is 22.6 Å². The van der Waals surface area contributed by atoms with Crippen molar-refractivity contribution in [3.63, 3.8) is 0 Å². The first-order valence-electron chi connectivity index (χ1n) is 5.17. The van der Waals surface area contributed by atoms with E-state index in [0.717, 1.165) is 11.1 Å². The second-order valence-corrected chi connectivity index (χ2v) is 4.67. The molecule has 0 amide bonds. The number of ketones is 1. The van der Waals surface area contributed by atoms with Crippen molar-refractivity contribution in [3.05, 3.63) is 60.2 Å². The third-order valence-corrected chi connectivity index (χ3v) is 3.04. The Kier molecular flexibility index (Phi) is 3.89. The highest BCUT2D eigenvalue weighted by Crippen LogP contribution is 2.25. The molecule has 2 aromatic carbocycles. The lowest BCUT2D eigenvalue weighted by atomic mass is 9.97. The minimum Gasteiger partial charge on any atom is -0.290 e. The molecule has 1 atom stereocenters. The Labute approximate surface area is 113 Å². The average molecular weight is 340 g/mol. The molecule has 2 rings (SSSR count). The van der Waals surface area contributed by atoms with Gasteiger partial charge in [0.25, 0.3) is 0 Å². The largest absolute Gasteiger partial charge is 0.290 e. The molecule has 0 aliphatic carbocycles. The predicted molar refractivity (Wildman–Crippen MR) is 75.1 cm³/mol. The fourth-order valence-electron chi connectivity index (χ4n) is 1.68. The number of Topliss-reactive ketones (excluding diaryl/α,β-unsaturated/α-hetero) is 1. The molecule has 1 unspecified atom stereocenters. The summed E-state index contributed by atoms with van der Waals surface area (Å²) >= 11 is 1.49. The molecular weight excluding hydrogens is 330 g/mol. The highest BCUT2D eigenvalue weighted by Gasteiger charge is 2.18. The van der Waals surface area contributed by atoms with E-state index in [9.17, 15) is 9.18 Å². The second-order valence-electron chi connectivity index (χ2n) is 3.58. The van der Waals surface area contributed by atoms with E-state index in [4.69, 9.17) is 0 Å². The molecule has 0 saturated heterocycles. The first kappa shape index (κ1) is 12.2. The van der Waals surface area contributed by atoms with Gasteiger partial charge in [-0.3, -0.25) is 4.79 Å². The van der Waals surface area contributed by atoms with Crippen LogP contribution in [0.4, 0.5) is 4.39 Å². The number of hydrogen-bond acceptors (Lipinski definition) is 1. The highest BCUT2D eigenvalue weighted by atomic mass is 127. The van der Waals surface area contributed by atoms with Crippen molar-refractivity contribution in [3.8, 4) is 11.1 Å². The van der Waals surface area contributed by atoms with E-state index in [-0.39, 0.29) is 0 Å². The second kappa shape index (κ2) is 5.40. The summed E-state index contributed by atoms with van der Waals surface area (Å²) in [6.45, 7) is 0. The number of hydrogen-bond donors (Lipinski definition) is 0. The molecule has 86 valence electrons. The van der Waals surface area contributed by atoms with Crippen LogP contribution in [0.1, 0.15) is 10.4 Å². The van der Waals surface area contributed by atoms with Gasteiger partial charge < -0.3 is 0 Å². The summed E-state index contributed by atoms with van der Waals surface area (Å²) in [5.74, 6) is -0.481. The number of alkyl halides is 2. The van der Waals surface area contributed by atoms with Crippen molar-refractivity contribution in [2.45, 2.75) is 4.18 Å². The number of carbonyl (C=O) groups excluding carboxylic acids is 1.